The van der Waals surface area contributed by atoms with Crippen molar-refractivity contribution in [2.75, 3.05) is 5.32 Å². The Balaban J connectivity index is 2.34. The molecule has 116 valence electrons. The number of benzene rings is 1. The van der Waals surface area contributed by atoms with Crippen LogP contribution in [0.15, 0.2) is 52.7 Å². The molecule has 4 heteroatoms. The van der Waals surface area contributed by atoms with E-state index in [4.69, 9.17) is 0 Å². The smallest absolute Gasteiger partial charge is 0.256 e. The maximum Gasteiger partial charge on any atom is 0.256 e. The fourth-order valence-corrected chi connectivity index (χ4v) is 3.25. The monoisotopic (exact) mass is 368 g/mol. The molecule has 1 amide bonds. The Morgan fingerprint density at radius 1 is 1.30 bits per heavy atom. The van der Waals surface area contributed by atoms with Crippen LogP contribution < -0.4 is 15.9 Å². The maximum atomic E-state index is 12.5. The van der Waals surface area contributed by atoms with Crippen LogP contribution in [-0.2, 0) is 4.79 Å². The predicted molar refractivity (Wildman–Crippen MR) is 99.2 cm³/mol. The van der Waals surface area contributed by atoms with Crippen LogP contribution in [0.2, 0.25) is 0 Å². The quantitative estimate of drug-likeness (QED) is 0.784. The Hall–Kier alpha value is -2.33. The molecule has 23 heavy (non-hydrogen) atoms. The van der Waals surface area contributed by atoms with Crippen molar-refractivity contribution >= 4 is 45.2 Å². The normalized spacial score (nSPS) is 17.3. The van der Waals surface area contributed by atoms with Gasteiger partial charge < -0.3 is 10.3 Å². The summed E-state index contributed by atoms with van der Waals surface area (Å²) in [4.78, 5) is 15.6. The minimum Gasteiger partial charge on any atom is -0.362 e. The molecule has 0 fully saturated rings. The van der Waals surface area contributed by atoms with E-state index >= 15 is 0 Å². The number of fused-ring (bicyclic) bond motifs is 1. The van der Waals surface area contributed by atoms with Gasteiger partial charge in [0.1, 0.15) is 0 Å². The summed E-state index contributed by atoms with van der Waals surface area (Å²) in [5, 5.41) is 4.78. The van der Waals surface area contributed by atoms with Gasteiger partial charge in [-0.15, -0.1) is 0 Å². The fourth-order valence-electron chi connectivity index (χ4n) is 2.89. The number of amides is 1. The molecule has 0 aliphatic carbocycles. The number of allylic oxidation sites excluding steroid dienone is 3. The van der Waals surface area contributed by atoms with Crippen molar-refractivity contribution in [1.29, 1.82) is 0 Å². The van der Waals surface area contributed by atoms with E-state index in [1.807, 2.05) is 56.5 Å². The highest BCUT2D eigenvalue weighted by Crippen LogP contribution is 2.37. The lowest BCUT2D eigenvalue weighted by atomic mass is 9.95. The third-order valence-electron chi connectivity index (χ3n) is 3.96. The molecular weight excluding hydrogens is 352 g/mol. The SMILES string of the molecule is C=c1[nH]ccc1=C(/C=C\C)C(C)=C1C(=O)Nc2ccc(Br)cc21. The summed E-state index contributed by atoms with van der Waals surface area (Å²) in [6, 6.07) is 7.79. The van der Waals surface area contributed by atoms with Crippen LogP contribution in [0, 0.1) is 0 Å². The van der Waals surface area contributed by atoms with E-state index in [0.717, 1.165) is 37.4 Å². The molecule has 0 unspecified atom stereocenters. The first-order valence-corrected chi connectivity index (χ1v) is 8.14. The Kier molecular flexibility index (Phi) is 4.09. The number of halogens is 1. The summed E-state index contributed by atoms with van der Waals surface area (Å²) in [7, 11) is 0. The molecule has 0 spiro atoms. The first kappa shape index (κ1) is 15.6. The average molecular weight is 369 g/mol. The Labute approximate surface area is 143 Å². The van der Waals surface area contributed by atoms with E-state index < -0.39 is 0 Å². The third kappa shape index (κ3) is 2.70. The van der Waals surface area contributed by atoms with Crippen LogP contribution in [0.4, 0.5) is 5.69 Å². The van der Waals surface area contributed by atoms with Gasteiger partial charge in [-0.3, -0.25) is 4.79 Å². The molecule has 1 aliphatic rings. The highest BCUT2D eigenvalue weighted by molar-refractivity contribution is 9.10. The van der Waals surface area contributed by atoms with Gasteiger partial charge >= 0.3 is 0 Å². The van der Waals surface area contributed by atoms with Crippen molar-refractivity contribution < 1.29 is 4.79 Å². The van der Waals surface area contributed by atoms with Gasteiger partial charge in [-0.25, -0.2) is 0 Å². The second kappa shape index (κ2) is 6.05. The summed E-state index contributed by atoms with van der Waals surface area (Å²) < 4.78 is 0.949. The molecule has 0 atom stereocenters. The number of carbonyl (C=O) groups is 1. The number of anilines is 1. The number of hydrogen-bond acceptors (Lipinski definition) is 1. The standard InChI is InChI=1S/C19H17BrN2O/c1-4-5-14(15-8-9-21-12(15)3)11(2)18-16-10-13(20)6-7-17(16)22-19(18)23/h4-10,21H,3H2,1-2H3,(H,22,23)/b5-4-,15-14?,18-11?. The number of aromatic amines is 1. The number of nitrogens with one attached hydrogen (secondary N) is 2. The summed E-state index contributed by atoms with van der Waals surface area (Å²) >= 11 is 3.48. The van der Waals surface area contributed by atoms with Crippen LogP contribution in [0.25, 0.3) is 17.7 Å². The third-order valence-corrected chi connectivity index (χ3v) is 4.45. The second-order valence-corrected chi connectivity index (χ2v) is 6.34. The highest BCUT2D eigenvalue weighted by atomic mass is 79.9. The van der Waals surface area contributed by atoms with E-state index in [9.17, 15) is 4.79 Å². The molecule has 0 saturated heterocycles. The Morgan fingerprint density at radius 3 is 2.74 bits per heavy atom. The van der Waals surface area contributed by atoms with Gasteiger partial charge in [0, 0.05) is 32.5 Å². The van der Waals surface area contributed by atoms with Crippen LogP contribution in [0.3, 0.4) is 0 Å². The van der Waals surface area contributed by atoms with E-state index in [0.29, 0.717) is 5.57 Å². The van der Waals surface area contributed by atoms with Gasteiger partial charge in [0.25, 0.3) is 5.91 Å². The number of H-pyrrole nitrogens is 1. The molecule has 2 aromatic rings. The zero-order valence-electron chi connectivity index (χ0n) is 13.0. The summed E-state index contributed by atoms with van der Waals surface area (Å²) in [5.74, 6) is -0.0706. The van der Waals surface area contributed by atoms with E-state index in [1.165, 1.54) is 0 Å². The fraction of sp³-hybridized carbons (Fsp3) is 0.105. The second-order valence-electron chi connectivity index (χ2n) is 5.43. The highest BCUT2D eigenvalue weighted by Gasteiger charge is 2.27. The molecule has 0 radical (unpaired) electrons. The molecule has 2 heterocycles. The summed E-state index contributed by atoms with van der Waals surface area (Å²) in [5.41, 5.74) is 4.40. The van der Waals surface area contributed by atoms with Crippen LogP contribution >= 0.6 is 15.9 Å². The van der Waals surface area contributed by atoms with Crippen molar-refractivity contribution in [2.24, 2.45) is 0 Å². The lowest BCUT2D eigenvalue weighted by Crippen LogP contribution is -2.23. The topological polar surface area (TPSA) is 44.9 Å². The van der Waals surface area contributed by atoms with Gasteiger partial charge in [-0.05, 0) is 49.3 Å². The van der Waals surface area contributed by atoms with Gasteiger partial charge in [-0.1, -0.05) is 34.7 Å². The Bertz CT molecular complexity index is 963. The Morgan fingerprint density at radius 2 is 2.09 bits per heavy atom. The number of carbonyl (C=O) groups excluding carboxylic acids is 1. The number of aromatic nitrogens is 1. The van der Waals surface area contributed by atoms with Crippen molar-refractivity contribution in [3.63, 3.8) is 0 Å². The molecule has 1 aliphatic heterocycles. The minimum atomic E-state index is -0.0706. The van der Waals surface area contributed by atoms with Crippen molar-refractivity contribution in [3.8, 4) is 0 Å². The summed E-state index contributed by atoms with van der Waals surface area (Å²) in [6.45, 7) is 7.97. The van der Waals surface area contributed by atoms with Crippen molar-refractivity contribution in [1.82, 2.24) is 4.98 Å². The first-order chi connectivity index (χ1) is 11.0. The predicted octanol–water partition coefficient (Wildman–Crippen LogP) is 3.34. The van der Waals surface area contributed by atoms with E-state index in [-0.39, 0.29) is 5.91 Å². The first-order valence-electron chi connectivity index (χ1n) is 7.34. The summed E-state index contributed by atoms with van der Waals surface area (Å²) in [6.07, 6.45) is 5.85. The average Bonchev–Trinajstić information content (AvgIpc) is 3.06. The largest absolute Gasteiger partial charge is 0.362 e. The van der Waals surface area contributed by atoms with Gasteiger partial charge in [0.2, 0.25) is 0 Å². The maximum absolute atomic E-state index is 12.5. The van der Waals surface area contributed by atoms with Crippen molar-refractivity contribution in [3.05, 3.63) is 68.8 Å². The van der Waals surface area contributed by atoms with Crippen molar-refractivity contribution in [2.45, 2.75) is 13.8 Å². The molecule has 3 nitrogen and oxygen atoms in total. The number of rotatable bonds is 2. The molecule has 3 rings (SSSR count). The molecular formula is C19H17BrN2O. The minimum absolute atomic E-state index is 0.0706. The van der Waals surface area contributed by atoms with E-state index in [1.54, 1.807) is 0 Å². The number of hydrogen-bond donors (Lipinski definition) is 2. The van der Waals surface area contributed by atoms with Gasteiger partial charge in [0.05, 0.1) is 5.57 Å². The molecule has 1 aromatic carbocycles. The molecule has 2 N–H and O–H groups in total. The van der Waals surface area contributed by atoms with Crippen LogP contribution in [0.1, 0.15) is 19.4 Å². The van der Waals surface area contributed by atoms with Gasteiger partial charge in [-0.2, -0.15) is 0 Å². The zero-order valence-corrected chi connectivity index (χ0v) is 14.6. The zero-order chi connectivity index (χ0) is 16.6. The van der Waals surface area contributed by atoms with Crippen LogP contribution in [-0.4, -0.2) is 10.9 Å². The van der Waals surface area contributed by atoms with Gasteiger partial charge in [0.15, 0.2) is 0 Å². The lowest BCUT2D eigenvalue weighted by molar-refractivity contribution is -0.110. The molecule has 0 saturated carbocycles. The lowest BCUT2D eigenvalue weighted by Gasteiger charge is -2.07. The van der Waals surface area contributed by atoms with E-state index in [2.05, 4.69) is 32.8 Å². The molecule has 1 aromatic heterocycles. The molecule has 0 bridgehead atoms. The van der Waals surface area contributed by atoms with Crippen LogP contribution in [0.5, 0.6) is 0 Å².